The summed E-state index contributed by atoms with van der Waals surface area (Å²) in [4.78, 5) is 0. The van der Waals surface area contributed by atoms with Gasteiger partial charge in [0.2, 0.25) is 0 Å². The lowest BCUT2D eigenvalue weighted by atomic mass is 10.1. The minimum Gasteiger partial charge on any atom is -0.494 e. The monoisotopic (exact) mass is 530 g/mol. The number of nitrogens with zero attached hydrogens (tertiary/aromatic N) is 2. The Labute approximate surface area is 235 Å². The Kier molecular flexibility index (Phi) is 15.2. The number of hydrogen-bond donors (Lipinski definition) is 0. The first-order valence-corrected chi connectivity index (χ1v) is 14.9. The van der Waals surface area contributed by atoms with Crippen molar-refractivity contribution in [3.63, 3.8) is 0 Å². The summed E-state index contributed by atoms with van der Waals surface area (Å²) in [6.45, 7) is 4.57. The first-order valence-electron chi connectivity index (χ1n) is 14.9. The van der Waals surface area contributed by atoms with Crippen LogP contribution in [-0.2, 0) is 0 Å². The summed E-state index contributed by atoms with van der Waals surface area (Å²) < 4.78 is 17.6. The van der Waals surface area contributed by atoms with Crippen LogP contribution >= 0.6 is 0 Å². The Balaban J connectivity index is 1.11. The van der Waals surface area contributed by atoms with E-state index >= 15 is 0 Å². The van der Waals surface area contributed by atoms with Crippen molar-refractivity contribution in [2.75, 3.05) is 19.8 Å². The van der Waals surface area contributed by atoms with E-state index in [9.17, 15) is 0 Å². The Morgan fingerprint density at radius 3 is 1.21 bits per heavy atom. The second-order valence-electron chi connectivity index (χ2n) is 9.94. The van der Waals surface area contributed by atoms with E-state index in [-0.39, 0.29) is 0 Å². The fourth-order valence-electron chi connectivity index (χ4n) is 4.21. The molecule has 0 unspecified atom stereocenters. The minimum absolute atomic E-state index is 0.758. The zero-order valence-electron chi connectivity index (χ0n) is 23.7. The van der Waals surface area contributed by atoms with Gasteiger partial charge in [-0.25, -0.2) is 0 Å². The molecule has 0 aliphatic carbocycles. The van der Waals surface area contributed by atoms with E-state index in [0.29, 0.717) is 0 Å². The van der Waals surface area contributed by atoms with Gasteiger partial charge >= 0.3 is 0 Å². The van der Waals surface area contributed by atoms with Crippen LogP contribution in [0.5, 0.6) is 17.2 Å². The molecule has 0 spiro atoms. The third-order valence-electron chi connectivity index (χ3n) is 6.54. The molecule has 0 atom stereocenters. The fourth-order valence-corrected chi connectivity index (χ4v) is 4.21. The van der Waals surface area contributed by atoms with Crippen LogP contribution in [0.2, 0.25) is 0 Å². The molecule has 0 amide bonds. The van der Waals surface area contributed by atoms with Crippen LogP contribution in [0.4, 0.5) is 11.4 Å². The third kappa shape index (κ3) is 13.9. The van der Waals surface area contributed by atoms with Crippen LogP contribution < -0.4 is 14.2 Å². The molecule has 0 fully saturated rings. The Morgan fingerprint density at radius 1 is 0.410 bits per heavy atom. The molecule has 0 bridgehead atoms. The number of ether oxygens (including phenoxy) is 3. The van der Waals surface area contributed by atoms with Crippen molar-refractivity contribution in [2.45, 2.75) is 84.0 Å². The van der Waals surface area contributed by atoms with Gasteiger partial charge in [-0.15, -0.1) is 0 Å². The average Bonchev–Trinajstić information content (AvgIpc) is 2.98. The molecule has 0 aliphatic heterocycles. The summed E-state index contributed by atoms with van der Waals surface area (Å²) in [6.07, 6.45) is 14.7. The summed E-state index contributed by atoms with van der Waals surface area (Å²) in [7, 11) is 0. The van der Waals surface area contributed by atoms with E-state index in [4.69, 9.17) is 14.2 Å². The molecule has 3 aromatic carbocycles. The van der Waals surface area contributed by atoms with Crippen LogP contribution in [0, 0.1) is 0 Å². The van der Waals surface area contributed by atoms with Gasteiger partial charge in [0, 0.05) is 0 Å². The maximum atomic E-state index is 5.88. The summed E-state index contributed by atoms with van der Waals surface area (Å²) in [5.74, 6) is 2.75. The largest absolute Gasteiger partial charge is 0.494 e. The van der Waals surface area contributed by atoms with Gasteiger partial charge in [0.05, 0.1) is 31.2 Å². The Bertz CT molecular complexity index is 1020. The van der Waals surface area contributed by atoms with Gasteiger partial charge in [-0.1, -0.05) is 82.9 Å². The van der Waals surface area contributed by atoms with Crippen molar-refractivity contribution < 1.29 is 14.2 Å². The molecule has 5 heteroatoms. The van der Waals surface area contributed by atoms with Gasteiger partial charge < -0.3 is 14.2 Å². The predicted octanol–water partition coefficient (Wildman–Crippen LogP) is 10.6. The van der Waals surface area contributed by atoms with Gasteiger partial charge in [0.1, 0.15) is 17.2 Å². The molecule has 5 nitrogen and oxygen atoms in total. The van der Waals surface area contributed by atoms with Crippen molar-refractivity contribution in [2.24, 2.45) is 10.2 Å². The molecule has 0 saturated heterocycles. The molecule has 210 valence electrons. The summed E-state index contributed by atoms with van der Waals surface area (Å²) in [5.41, 5.74) is 1.67. The third-order valence-corrected chi connectivity index (χ3v) is 6.54. The van der Waals surface area contributed by atoms with E-state index in [2.05, 4.69) is 17.2 Å². The highest BCUT2D eigenvalue weighted by atomic mass is 16.5. The number of benzene rings is 3. The molecule has 39 heavy (non-hydrogen) atoms. The topological polar surface area (TPSA) is 52.4 Å². The first-order chi connectivity index (χ1) is 19.3. The number of unbranched alkanes of at least 4 members (excludes halogenated alkanes) is 10. The molecule has 0 aliphatic rings. The second kappa shape index (κ2) is 19.7. The van der Waals surface area contributed by atoms with Gasteiger partial charge in [0.15, 0.2) is 0 Å². The highest BCUT2D eigenvalue weighted by Crippen LogP contribution is 2.22. The van der Waals surface area contributed by atoms with Crippen molar-refractivity contribution >= 4 is 11.4 Å². The van der Waals surface area contributed by atoms with Gasteiger partial charge in [0.25, 0.3) is 0 Å². The highest BCUT2D eigenvalue weighted by Gasteiger charge is 1.99. The zero-order valence-corrected chi connectivity index (χ0v) is 23.7. The molecular weight excluding hydrogens is 484 g/mol. The van der Waals surface area contributed by atoms with Crippen LogP contribution in [0.1, 0.15) is 84.0 Å². The molecule has 3 rings (SSSR count). The molecule has 3 aromatic rings. The maximum absolute atomic E-state index is 5.88. The summed E-state index contributed by atoms with van der Waals surface area (Å²) in [6, 6.07) is 25.6. The molecule has 0 heterocycles. The van der Waals surface area contributed by atoms with Crippen LogP contribution in [0.25, 0.3) is 0 Å². The normalized spacial score (nSPS) is 11.1. The number of rotatable bonds is 21. The molecule has 0 aromatic heterocycles. The average molecular weight is 531 g/mol. The van der Waals surface area contributed by atoms with Crippen molar-refractivity contribution in [3.8, 4) is 17.2 Å². The van der Waals surface area contributed by atoms with Crippen molar-refractivity contribution in [1.82, 2.24) is 0 Å². The summed E-state index contributed by atoms with van der Waals surface area (Å²) in [5, 5.41) is 8.51. The molecule has 0 saturated carbocycles. The molecular formula is C34H46N2O3. The van der Waals surface area contributed by atoms with Crippen LogP contribution in [0.3, 0.4) is 0 Å². The smallest absolute Gasteiger partial charge is 0.119 e. The van der Waals surface area contributed by atoms with Crippen LogP contribution in [-0.4, -0.2) is 19.8 Å². The fraction of sp³-hybridized carbons (Fsp3) is 0.471. The summed E-state index contributed by atoms with van der Waals surface area (Å²) >= 11 is 0. The Morgan fingerprint density at radius 2 is 0.769 bits per heavy atom. The second-order valence-corrected chi connectivity index (χ2v) is 9.94. The lowest BCUT2D eigenvalue weighted by Crippen LogP contribution is -1.99. The van der Waals surface area contributed by atoms with Crippen LogP contribution in [0.15, 0.2) is 89.1 Å². The standard InChI is InChI=1S/C34H46N2O3/c1-2-3-4-14-27-38-33-23-25-34(26-24-33)39-29-16-10-8-6-5-7-9-15-28-37-32-21-19-31(20-22-32)36-35-30-17-12-11-13-18-30/h11-13,17-26H,2-10,14-16,27-29H2,1H3. The zero-order chi connectivity index (χ0) is 27.2. The van der Waals surface area contributed by atoms with Gasteiger partial charge in [-0.3, -0.25) is 0 Å². The molecule has 0 N–H and O–H groups in total. The van der Waals surface area contributed by atoms with E-state index in [1.807, 2.05) is 78.9 Å². The number of hydrogen-bond acceptors (Lipinski definition) is 5. The van der Waals surface area contributed by atoms with Gasteiger partial charge in [-0.05, 0) is 79.9 Å². The predicted molar refractivity (Wildman–Crippen MR) is 161 cm³/mol. The van der Waals surface area contributed by atoms with E-state index in [1.165, 1.54) is 57.8 Å². The van der Waals surface area contributed by atoms with Crippen molar-refractivity contribution in [3.05, 3.63) is 78.9 Å². The first kappa shape index (κ1) is 30.2. The molecule has 0 radical (unpaired) electrons. The van der Waals surface area contributed by atoms with E-state index < -0.39 is 0 Å². The minimum atomic E-state index is 0.758. The van der Waals surface area contributed by atoms with Gasteiger partial charge in [-0.2, -0.15) is 10.2 Å². The Hall–Kier alpha value is -3.34. The van der Waals surface area contributed by atoms with Crippen molar-refractivity contribution in [1.29, 1.82) is 0 Å². The highest BCUT2D eigenvalue weighted by molar-refractivity contribution is 5.42. The SMILES string of the molecule is CCCCCCOc1ccc(OCCCCCCCCCCOc2ccc(N=Nc3ccccc3)cc2)cc1. The van der Waals surface area contributed by atoms with E-state index in [1.54, 1.807) is 0 Å². The quantitative estimate of drug-likeness (QED) is 0.102. The number of azo groups is 1. The maximum Gasteiger partial charge on any atom is 0.119 e. The lowest BCUT2D eigenvalue weighted by Gasteiger charge is -2.09. The lowest BCUT2D eigenvalue weighted by molar-refractivity contribution is 0.296. The van der Waals surface area contributed by atoms with E-state index in [0.717, 1.165) is 67.7 Å².